The molecule has 4 heteroatoms. The van der Waals surface area contributed by atoms with Gasteiger partial charge in [0.15, 0.2) is 0 Å². The first kappa shape index (κ1) is 16.2. The van der Waals surface area contributed by atoms with Crippen LogP contribution in [0.1, 0.15) is 39.2 Å². The van der Waals surface area contributed by atoms with Gasteiger partial charge in [0.25, 0.3) is 0 Å². The highest BCUT2D eigenvalue weighted by Gasteiger charge is 2.22. The summed E-state index contributed by atoms with van der Waals surface area (Å²) < 4.78 is 19.3. The fourth-order valence-electron chi connectivity index (χ4n) is 2.85. The summed E-state index contributed by atoms with van der Waals surface area (Å²) in [7, 11) is 0. The monoisotopic (exact) mass is 294 g/mol. The van der Waals surface area contributed by atoms with Gasteiger partial charge >= 0.3 is 0 Å². The topological polar surface area (TPSA) is 24.5 Å². The van der Waals surface area contributed by atoms with Crippen molar-refractivity contribution in [1.29, 1.82) is 0 Å². The van der Waals surface area contributed by atoms with E-state index < -0.39 is 0 Å². The predicted octanol–water partition coefficient (Wildman–Crippen LogP) is 3.33. The SMILES string of the molecule is CCOC1CCCN(c2ccc(F)cc2CNC(C)C)C1. The fraction of sp³-hybridized carbons (Fsp3) is 0.647. The van der Waals surface area contributed by atoms with Gasteiger partial charge in [0.1, 0.15) is 5.82 Å². The Kier molecular flexibility index (Phi) is 6.00. The van der Waals surface area contributed by atoms with E-state index in [9.17, 15) is 4.39 Å². The van der Waals surface area contributed by atoms with E-state index >= 15 is 0 Å². The molecular weight excluding hydrogens is 267 g/mol. The molecule has 1 aromatic rings. The summed E-state index contributed by atoms with van der Waals surface area (Å²) in [5, 5.41) is 3.38. The van der Waals surface area contributed by atoms with Crippen molar-refractivity contribution in [3.05, 3.63) is 29.6 Å². The van der Waals surface area contributed by atoms with Crippen LogP contribution in [0.4, 0.5) is 10.1 Å². The highest BCUT2D eigenvalue weighted by molar-refractivity contribution is 5.54. The average Bonchev–Trinajstić information content (AvgIpc) is 2.46. The lowest BCUT2D eigenvalue weighted by molar-refractivity contribution is 0.0526. The van der Waals surface area contributed by atoms with Crippen molar-refractivity contribution in [2.75, 3.05) is 24.6 Å². The van der Waals surface area contributed by atoms with Crippen LogP contribution in [0.25, 0.3) is 0 Å². The zero-order valence-electron chi connectivity index (χ0n) is 13.4. The Morgan fingerprint density at radius 2 is 2.24 bits per heavy atom. The summed E-state index contributed by atoms with van der Waals surface area (Å²) >= 11 is 0. The Bertz CT molecular complexity index is 448. The van der Waals surface area contributed by atoms with Crippen LogP contribution in [0.2, 0.25) is 0 Å². The first-order valence-corrected chi connectivity index (χ1v) is 7.98. The smallest absolute Gasteiger partial charge is 0.123 e. The van der Waals surface area contributed by atoms with Crippen LogP contribution in [0.3, 0.4) is 0 Å². The van der Waals surface area contributed by atoms with Gasteiger partial charge in [0, 0.05) is 38.0 Å². The number of hydrogen-bond acceptors (Lipinski definition) is 3. The molecule has 1 atom stereocenters. The molecule has 1 aromatic carbocycles. The third-order valence-corrected chi connectivity index (χ3v) is 3.86. The quantitative estimate of drug-likeness (QED) is 0.871. The number of hydrogen-bond donors (Lipinski definition) is 1. The summed E-state index contributed by atoms with van der Waals surface area (Å²) in [5.41, 5.74) is 2.16. The second kappa shape index (κ2) is 7.76. The zero-order valence-corrected chi connectivity index (χ0v) is 13.4. The van der Waals surface area contributed by atoms with Gasteiger partial charge in [-0.15, -0.1) is 0 Å². The molecule has 0 aliphatic carbocycles. The van der Waals surface area contributed by atoms with E-state index in [4.69, 9.17) is 4.74 Å². The lowest BCUT2D eigenvalue weighted by Gasteiger charge is -2.35. The van der Waals surface area contributed by atoms with E-state index in [2.05, 4.69) is 24.1 Å². The summed E-state index contributed by atoms with van der Waals surface area (Å²) in [5.74, 6) is -0.169. The largest absolute Gasteiger partial charge is 0.377 e. The number of benzene rings is 1. The molecule has 3 nitrogen and oxygen atoms in total. The van der Waals surface area contributed by atoms with Crippen molar-refractivity contribution in [2.45, 2.75) is 52.3 Å². The molecule has 1 N–H and O–H groups in total. The van der Waals surface area contributed by atoms with Crippen LogP contribution in [-0.4, -0.2) is 31.8 Å². The second-order valence-corrected chi connectivity index (χ2v) is 5.97. The Balaban J connectivity index is 2.13. The van der Waals surface area contributed by atoms with Crippen LogP contribution in [0, 0.1) is 5.82 Å². The lowest BCUT2D eigenvalue weighted by atomic mass is 10.0. The summed E-state index contributed by atoms with van der Waals surface area (Å²) in [6.07, 6.45) is 2.53. The second-order valence-electron chi connectivity index (χ2n) is 5.97. The predicted molar refractivity (Wildman–Crippen MR) is 85.2 cm³/mol. The number of anilines is 1. The number of halogens is 1. The van der Waals surface area contributed by atoms with Crippen LogP contribution < -0.4 is 10.2 Å². The fourth-order valence-corrected chi connectivity index (χ4v) is 2.85. The molecule has 0 spiro atoms. The molecule has 0 saturated carbocycles. The Hall–Kier alpha value is -1.13. The third-order valence-electron chi connectivity index (χ3n) is 3.86. The van der Waals surface area contributed by atoms with Gasteiger partial charge in [0.2, 0.25) is 0 Å². The van der Waals surface area contributed by atoms with Gasteiger partial charge in [0.05, 0.1) is 6.10 Å². The van der Waals surface area contributed by atoms with Crippen LogP contribution in [-0.2, 0) is 11.3 Å². The van der Waals surface area contributed by atoms with Crippen molar-refractivity contribution in [1.82, 2.24) is 5.32 Å². The molecule has 0 radical (unpaired) electrons. The molecule has 21 heavy (non-hydrogen) atoms. The summed E-state index contributed by atoms with van der Waals surface area (Å²) in [6.45, 7) is 9.60. The van der Waals surface area contributed by atoms with E-state index in [1.807, 2.05) is 13.0 Å². The average molecular weight is 294 g/mol. The third kappa shape index (κ3) is 4.68. The van der Waals surface area contributed by atoms with Gasteiger partial charge in [-0.1, -0.05) is 13.8 Å². The minimum absolute atomic E-state index is 0.169. The van der Waals surface area contributed by atoms with Crippen molar-refractivity contribution in [3.63, 3.8) is 0 Å². The molecule has 118 valence electrons. The molecule has 1 unspecified atom stereocenters. The van der Waals surface area contributed by atoms with Crippen LogP contribution in [0.15, 0.2) is 18.2 Å². The van der Waals surface area contributed by atoms with Gasteiger partial charge < -0.3 is 15.0 Å². The molecular formula is C17H27FN2O. The first-order valence-electron chi connectivity index (χ1n) is 7.98. The van der Waals surface area contributed by atoms with Crippen molar-refractivity contribution >= 4 is 5.69 Å². The molecule has 0 aromatic heterocycles. The molecule has 1 saturated heterocycles. The van der Waals surface area contributed by atoms with E-state index in [0.717, 1.165) is 43.8 Å². The molecule has 2 rings (SSSR count). The standard InChI is InChI=1S/C17H27FN2O/c1-4-21-16-6-5-9-20(12-16)17-8-7-15(18)10-14(17)11-19-13(2)3/h7-8,10,13,16,19H,4-6,9,11-12H2,1-3H3. The van der Waals surface area contributed by atoms with E-state index in [-0.39, 0.29) is 5.82 Å². The van der Waals surface area contributed by atoms with Crippen molar-refractivity contribution in [3.8, 4) is 0 Å². The Morgan fingerprint density at radius 1 is 1.43 bits per heavy atom. The minimum atomic E-state index is -0.169. The molecule has 1 aliphatic heterocycles. The number of ether oxygens (including phenoxy) is 1. The Morgan fingerprint density at radius 3 is 2.95 bits per heavy atom. The molecule has 1 heterocycles. The van der Waals surface area contributed by atoms with Crippen LogP contribution in [0.5, 0.6) is 0 Å². The van der Waals surface area contributed by atoms with Gasteiger partial charge in [-0.05, 0) is 43.5 Å². The van der Waals surface area contributed by atoms with Gasteiger partial charge in [-0.3, -0.25) is 0 Å². The van der Waals surface area contributed by atoms with E-state index in [1.165, 1.54) is 0 Å². The van der Waals surface area contributed by atoms with Gasteiger partial charge in [-0.25, -0.2) is 4.39 Å². The van der Waals surface area contributed by atoms with Crippen molar-refractivity contribution in [2.24, 2.45) is 0 Å². The molecule has 0 bridgehead atoms. The normalized spacial score (nSPS) is 19.3. The minimum Gasteiger partial charge on any atom is -0.377 e. The summed E-state index contributed by atoms with van der Waals surface area (Å²) in [4.78, 5) is 2.33. The zero-order chi connectivity index (χ0) is 15.2. The summed E-state index contributed by atoms with van der Waals surface area (Å²) in [6, 6.07) is 5.49. The first-order chi connectivity index (χ1) is 10.1. The highest BCUT2D eigenvalue weighted by atomic mass is 19.1. The maximum Gasteiger partial charge on any atom is 0.123 e. The molecule has 1 fully saturated rings. The molecule has 1 aliphatic rings. The Labute approximate surface area is 127 Å². The number of rotatable bonds is 6. The maximum absolute atomic E-state index is 13.6. The maximum atomic E-state index is 13.6. The van der Waals surface area contributed by atoms with Gasteiger partial charge in [-0.2, -0.15) is 0 Å². The van der Waals surface area contributed by atoms with E-state index in [1.54, 1.807) is 12.1 Å². The van der Waals surface area contributed by atoms with Crippen molar-refractivity contribution < 1.29 is 9.13 Å². The molecule has 0 amide bonds. The number of nitrogens with zero attached hydrogens (tertiary/aromatic N) is 1. The number of nitrogens with one attached hydrogen (secondary N) is 1. The lowest BCUT2D eigenvalue weighted by Crippen LogP contribution is -2.40. The van der Waals surface area contributed by atoms with E-state index in [0.29, 0.717) is 18.7 Å². The highest BCUT2D eigenvalue weighted by Crippen LogP contribution is 2.26. The van der Waals surface area contributed by atoms with Crippen LogP contribution >= 0.6 is 0 Å². The number of piperidine rings is 1.